The van der Waals surface area contributed by atoms with Crippen LogP contribution in [0.1, 0.15) is 5.56 Å². The lowest BCUT2D eigenvalue weighted by molar-refractivity contribution is 1.46. The van der Waals surface area contributed by atoms with E-state index in [1.165, 1.54) is 5.39 Å². The monoisotopic (exact) mass is 376 g/mol. The highest BCUT2D eigenvalue weighted by molar-refractivity contribution is 9.11. The van der Waals surface area contributed by atoms with Crippen molar-refractivity contribution < 1.29 is 0 Å². The topological polar surface area (TPSA) is 28.1 Å². The van der Waals surface area contributed by atoms with E-state index < -0.39 is 0 Å². The molecule has 1 aromatic heterocycles. The SMILES string of the molecule is Brc1cc(Br)cc(N=Cc2cccc3cc[nH]c23)c1. The van der Waals surface area contributed by atoms with Crippen molar-refractivity contribution in [2.24, 2.45) is 4.99 Å². The van der Waals surface area contributed by atoms with Crippen LogP contribution in [0, 0.1) is 0 Å². The summed E-state index contributed by atoms with van der Waals surface area (Å²) in [6.07, 6.45) is 3.82. The predicted octanol–water partition coefficient (Wildman–Crippen LogP) is 5.44. The molecular weight excluding hydrogens is 368 g/mol. The quantitative estimate of drug-likeness (QED) is 0.575. The molecule has 0 aliphatic rings. The number of rotatable bonds is 2. The van der Waals surface area contributed by atoms with Gasteiger partial charge in [-0.25, -0.2) is 0 Å². The van der Waals surface area contributed by atoms with E-state index in [9.17, 15) is 0 Å². The number of halogens is 2. The summed E-state index contributed by atoms with van der Waals surface area (Å²) < 4.78 is 2.01. The van der Waals surface area contributed by atoms with Gasteiger partial charge in [0.05, 0.1) is 11.2 Å². The van der Waals surface area contributed by atoms with Gasteiger partial charge in [0.15, 0.2) is 0 Å². The normalized spacial score (nSPS) is 11.5. The summed E-state index contributed by atoms with van der Waals surface area (Å²) in [7, 11) is 0. The van der Waals surface area contributed by atoms with Crippen LogP contribution in [-0.4, -0.2) is 11.2 Å². The summed E-state index contributed by atoms with van der Waals surface area (Å²) in [6.45, 7) is 0. The van der Waals surface area contributed by atoms with Crippen LogP contribution in [0.25, 0.3) is 10.9 Å². The van der Waals surface area contributed by atoms with Crippen molar-refractivity contribution in [2.45, 2.75) is 0 Å². The van der Waals surface area contributed by atoms with Gasteiger partial charge in [0.1, 0.15) is 0 Å². The molecule has 3 rings (SSSR count). The average Bonchev–Trinajstić information content (AvgIpc) is 2.83. The average molecular weight is 378 g/mol. The number of benzene rings is 2. The second kappa shape index (κ2) is 5.31. The first-order valence-electron chi connectivity index (χ1n) is 5.79. The van der Waals surface area contributed by atoms with Gasteiger partial charge in [0, 0.05) is 32.3 Å². The van der Waals surface area contributed by atoms with Crippen LogP contribution >= 0.6 is 31.9 Å². The number of nitrogens with zero attached hydrogens (tertiary/aromatic N) is 1. The summed E-state index contributed by atoms with van der Waals surface area (Å²) in [6, 6.07) is 14.2. The molecular formula is C15H10Br2N2. The van der Waals surface area contributed by atoms with Crippen molar-refractivity contribution in [3.63, 3.8) is 0 Å². The van der Waals surface area contributed by atoms with Crippen LogP contribution < -0.4 is 0 Å². The Balaban J connectivity index is 2.00. The number of aliphatic imine (C=N–C) groups is 1. The molecule has 0 aliphatic carbocycles. The number of H-pyrrole nitrogens is 1. The lowest BCUT2D eigenvalue weighted by Crippen LogP contribution is -1.83. The highest BCUT2D eigenvalue weighted by Gasteiger charge is 1.99. The van der Waals surface area contributed by atoms with Crippen LogP contribution in [-0.2, 0) is 0 Å². The molecule has 0 aliphatic heterocycles. The Bertz CT molecular complexity index is 739. The molecule has 0 amide bonds. The standard InChI is InChI=1S/C15H10Br2N2/c16-12-6-13(17)8-14(7-12)19-9-11-3-1-2-10-4-5-18-15(10)11/h1-9,18H. The fraction of sp³-hybridized carbons (Fsp3) is 0. The fourth-order valence-electron chi connectivity index (χ4n) is 1.97. The highest BCUT2D eigenvalue weighted by atomic mass is 79.9. The van der Waals surface area contributed by atoms with Crippen LogP contribution in [0.5, 0.6) is 0 Å². The van der Waals surface area contributed by atoms with E-state index in [4.69, 9.17) is 0 Å². The van der Waals surface area contributed by atoms with Gasteiger partial charge in [0.2, 0.25) is 0 Å². The van der Waals surface area contributed by atoms with Crippen molar-refractivity contribution in [3.8, 4) is 0 Å². The van der Waals surface area contributed by atoms with Crippen LogP contribution in [0.2, 0.25) is 0 Å². The van der Waals surface area contributed by atoms with Gasteiger partial charge in [0.25, 0.3) is 0 Å². The van der Waals surface area contributed by atoms with E-state index in [1.807, 2.05) is 36.7 Å². The zero-order valence-corrected chi connectivity index (χ0v) is 13.1. The van der Waals surface area contributed by atoms with E-state index in [2.05, 4.69) is 60.0 Å². The minimum Gasteiger partial charge on any atom is -0.361 e. The molecule has 0 unspecified atom stereocenters. The summed E-state index contributed by atoms with van der Waals surface area (Å²) in [4.78, 5) is 7.76. The van der Waals surface area contributed by atoms with Crippen molar-refractivity contribution in [1.29, 1.82) is 0 Å². The number of hydrogen-bond acceptors (Lipinski definition) is 1. The molecule has 0 bridgehead atoms. The van der Waals surface area contributed by atoms with E-state index >= 15 is 0 Å². The van der Waals surface area contributed by atoms with Crippen molar-refractivity contribution >= 4 is 54.7 Å². The first kappa shape index (κ1) is 12.6. The van der Waals surface area contributed by atoms with Gasteiger partial charge >= 0.3 is 0 Å². The van der Waals surface area contributed by atoms with Crippen LogP contribution in [0.3, 0.4) is 0 Å². The molecule has 0 atom stereocenters. The number of aromatic amines is 1. The van der Waals surface area contributed by atoms with E-state index in [-0.39, 0.29) is 0 Å². The molecule has 1 heterocycles. The van der Waals surface area contributed by atoms with Crippen molar-refractivity contribution in [3.05, 3.63) is 63.2 Å². The third-order valence-electron chi connectivity index (χ3n) is 2.82. The molecule has 0 saturated heterocycles. The van der Waals surface area contributed by atoms with Crippen LogP contribution in [0.4, 0.5) is 5.69 Å². The molecule has 2 nitrogen and oxygen atoms in total. The van der Waals surface area contributed by atoms with Gasteiger partial charge in [-0.2, -0.15) is 0 Å². The Labute approximate surface area is 127 Å². The summed E-state index contributed by atoms with van der Waals surface area (Å²) in [5.41, 5.74) is 3.10. The minimum atomic E-state index is 0.907. The first-order valence-corrected chi connectivity index (χ1v) is 7.37. The first-order chi connectivity index (χ1) is 9.22. The van der Waals surface area contributed by atoms with E-state index in [0.717, 1.165) is 25.7 Å². The molecule has 94 valence electrons. The summed E-state index contributed by atoms with van der Waals surface area (Å²) in [5.74, 6) is 0. The Kier molecular flexibility index (Phi) is 3.53. The maximum absolute atomic E-state index is 4.52. The second-order valence-corrected chi connectivity index (χ2v) is 6.01. The lowest BCUT2D eigenvalue weighted by atomic mass is 10.1. The minimum absolute atomic E-state index is 0.907. The maximum Gasteiger partial charge on any atom is 0.0652 e. The third-order valence-corrected chi connectivity index (χ3v) is 3.74. The zero-order valence-electron chi connectivity index (χ0n) is 9.90. The molecule has 1 N–H and O–H groups in total. The molecule has 0 spiro atoms. The number of hydrogen-bond donors (Lipinski definition) is 1. The zero-order chi connectivity index (χ0) is 13.2. The van der Waals surface area contributed by atoms with Gasteiger partial charge in [-0.1, -0.05) is 50.1 Å². The molecule has 4 heteroatoms. The highest BCUT2D eigenvalue weighted by Crippen LogP contribution is 2.25. The van der Waals surface area contributed by atoms with Gasteiger partial charge in [-0.05, 0) is 24.3 Å². The van der Waals surface area contributed by atoms with Gasteiger partial charge < -0.3 is 4.98 Å². The van der Waals surface area contributed by atoms with E-state index in [1.54, 1.807) is 0 Å². The Morgan fingerprint density at radius 3 is 2.58 bits per heavy atom. The Hall–Kier alpha value is -1.39. The Morgan fingerprint density at radius 1 is 1.00 bits per heavy atom. The van der Waals surface area contributed by atoms with Gasteiger partial charge in [-0.3, -0.25) is 4.99 Å². The van der Waals surface area contributed by atoms with Crippen LogP contribution in [0.15, 0.2) is 62.6 Å². The molecule has 3 aromatic rings. The smallest absolute Gasteiger partial charge is 0.0652 e. The number of aromatic nitrogens is 1. The molecule has 0 saturated carbocycles. The number of para-hydroxylation sites is 1. The lowest BCUT2D eigenvalue weighted by Gasteiger charge is -1.99. The number of fused-ring (bicyclic) bond motifs is 1. The number of nitrogens with one attached hydrogen (secondary N) is 1. The molecule has 0 fully saturated rings. The summed E-state index contributed by atoms with van der Waals surface area (Å²) >= 11 is 6.93. The molecule has 2 aromatic carbocycles. The fourth-order valence-corrected chi connectivity index (χ4v) is 3.24. The van der Waals surface area contributed by atoms with E-state index in [0.29, 0.717) is 0 Å². The predicted molar refractivity (Wildman–Crippen MR) is 87.4 cm³/mol. The third kappa shape index (κ3) is 2.80. The van der Waals surface area contributed by atoms with Crippen molar-refractivity contribution in [2.75, 3.05) is 0 Å². The largest absolute Gasteiger partial charge is 0.361 e. The van der Waals surface area contributed by atoms with Crippen molar-refractivity contribution in [1.82, 2.24) is 4.98 Å². The summed E-state index contributed by atoms with van der Waals surface area (Å²) in [5, 5.41) is 1.19. The Morgan fingerprint density at radius 2 is 1.79 bits per heavy atom. The van der Waals surface area contributed by atoms with Gasteiger partial charge in [-0.15, -0.1) is 0 Å². The second-order valence-electron chi connectivity index (χ2n) is 4.17. The molecule has 19 heavy (non-hydrogen) atoms. The molecule has 0 radical (unpaired) electrons. The maximum atomic E-state index is 4.52.